The largest absolute Gasteiger partial charge is 0.468 e. The summed E-state index contributed by atoms with van der Waals surface area (Å²) < 4.78 is 9.63. The van der Waals surface area contributed by atoms with E-state index < -0.39 is 17.9 Å². The van der Waals surface area contributed by atoms with Gasteiger partial charge < -0.3 is 9.47 Å². The van der Waals surface area contributed by atoms with Crippen LogP contribution in [0.4, 0.5) is 0 Å². The molecule has 1 aromatic rings. The average molecular weight is 342 g/mol. The topological polar surface area (TPSA) is 69.7 Å². The number of rotatable bonds is 5. The molecule has 0 spiro atoms. The van der Waals surface area contributed by atoms with E-state index in [1.165, 1.54) is 14.2 Å². The van der Waals surface area contributed by atoms with Gasteiger partial charge in [-0.05, 0) is 24.7 Å². The van der Waals surface area contributed by atoms with Crippen molar-refractivity contribution in [3.05, 3.63) is 48.0 Å². The number of benzene rings is 1. The first-order chi connectivity index (χ1) is 12.1. The Morgan fingerprint density at radius 1 is 0.960 bits per heavy atom. The summed E-state index contributed by atoms with van der Waals surface area (Å²) in [7, 11) is 2.52. The second-order valence-corrected chi connectivity index (χ2v) is 6.65. The normalized spacial score (nSPS) is 27.2. The second kappa shape index (κ2) is 7.21. The fourth-order valence-electron chi connectivity index (χ4n) is 4.33. The summed E-state index contributed by atoms with van der Waals surface area (Å²) in [6.07, 6.45) is 5.57. The fourth-order valence-corrected chi connectivity index (χ4v) is 4.33. The van der Waals surface area contributed by atoms with Crippen LogP contribution in [0.5, 0.6) is 0 Å². The molecule has 5 nitrogen and oxygen atoms in total. The average Bonchev–Trinajstić information content (AvgIpc) is 2.97. The van der Waals surface area contributed by atoms with E-state index in [1.807, 2.05) is 42.5 Å². The van der Waals surface area contributed by atoms with Gasteiger partial charge in [0.15, 0.2) is 11.7 Å². The second-order valence-electron chi connectivity index (χ2n) is 6.65. The van der Waals surface area contributed by atoms with E-state index >= 15 is 0 Å². The first-order valence-corrected chi connectivity index (χ1v) is 8.51. The molecule has 25 heavy (non-hydrogen) atoms. The molecule has 3 rings (SSSR count). The minimum Gasteiger partial charge on any atom is -0.468 e. The maximum absolute atomic E-state index is 13.0. The predicted molar refractivity (Wildman–Crippen MR) is 90.6 cm³/mol. The standard InChI is InChI=1S/C20H22O5/c1-24-19(22)17(20(23)25-2)15-11-9-12-8-10-14(15)16(12)18(21)13-6-4-3-5-7-13/h3-7,9,11-12,14-17H,8,10H2,1-2H3. The molecule has 5 heteroatoms. The van der Waals surface area contributed by atoms with Gasteiger partial charge in [-0.1, -0.05) is 42.5 Å². The molecular weight excluding hydrogens is 320 g/mol. The highest BCUT2D eigenvalue weighted by atomic mass is 16.5. The zero-order valence-corrected chi connectivity index (χ0v) is 14.4. The van der Waals surface area contributed by atoms with Crippen LogP contribution >= 0.6 is 0 Å². The number of allylic oxidation sites excluding steroid dienone is 2. The predicted octanol–water partition coefficient (Wildman–Crippen LogP) is 2.66. The highest BCUT2D eigenvalue weighted by Gasteiger charge is 2.51. The molecule has 1 aromatic carbocycles. The first-order valence-electron chi connectivity index (χ1n) is 8.51. The van der Waals surface area contributed by atoms with Crippen LogP contribution in [0, 0.1) is 29.6 Å². The number of carbonyl (C=O) groups excluding carboxylic acids is 3. The lowest BCUT2D eigenvalue weighted by Gasteiger charge is -2.34. The number of hydrogen-bond acceptors (Lipinski definition) is 5. The molecule has 0 heterocycles. The van der Waals surface area contributed by atoms with Crippen molar-refractivity contribution < 1.29 is 23.9 Å². The van der Waals surface area contributed by atoms with E-state index in [2.05, 4.69) is 0 Å². The van der Waals surface area contributed by atoms with Crippen LogP contribution in [0.3, 0.4) is 0 Å². The molecular formula is C20H22O5. The van der Waals surface area contributed by atoms with Gasteiger partial charge in [0.25, 0.3) is 0 Å². The van der Waals surface area contributed by atoms with Crippen molar-refractivity contribution in [3.63, 3.8) is 0 Å². The SMILES string of the molecule is COC(=O)C(C(=O)OC)C1C=CC2CCC1C2C(=O)c1ccccc1. The number of hydrogen-bond donors (Lipinski definition) is 0. The summed E-state index contributed by atoms with van der Waals surface area (Å²) in [5.74, 6) is -2.67. The number of ether oxygens (including phenoxy) is 2. The van der Waals surface area contributed by atoms with Crippen LogP contribution in [0.15, 0.2) is 42.5 Å². The van der Waals surface area contributed by atoms with Gasteiger partial charge in [-0.25, -0.2) is 0 Å². The molecule has 0 aliphatic heterocycles. The Morgan fingerprint density at radius 2 is 1.60 bits per heavy atom. The minimum absolute atomic E-state index is 0.0640. The number of methoxy groups -OCH3 is 2. The Morgan fingerprint density at radius 3 is 2.20 bits per heavy atom. The Labute approximate surface area is 147 Å². The van der Waals surface area contributed by atoms with E-state index in [0.29, 0.717) is 5.56 Å². The van der Waals surface area contributed by atoms with Crippen molar-refractivity contribution in [2.75, 3.05) is 14.2 Å². The number of carbonyl (C=O) groups is 3. The van der Waals surface area contributed by atoms with Gasteiger partial charge in [0.1, 0.15) is 0 Å². The molecule has 2 aliphatic carbocycles. The van der Waals surface area contributed by atoms with Gasteiger partial charge in [-0.3, -0.25) is 14.4 Å². The van der Waals surface area contributed by atoms with Gasteiger partial charge in [0.2, 0.25) is 0 Å². The molecule has 0 radical (unpaired) electrons. The molecule has 2 bridgehead atoms. The molecule has 4 atom stereocenters. The van der Waals surface area contributed by atoms with Crippen molar-refractivity contribution in [2.24, 2.45) is 29.6 Å². The van der Waals surface area contributed by atoms with E-state index in [1.54, 1.807) is 0 Å². The van der Waals surface area contributed by atoms with E-state index in [4.69, 9.17) is 9.47 Å². The fraction of sp³-hybridized carbons (Fsp3) is 0.450. The highest BCUT2D eigenvalue weighted by Crippen LogP contribution is 2.50. The Bertz CT molecular complexity index is 677. The maximum Gasteiger partial charge on any atom is 0.320 e. The lowest BCUT2D eigenvalue weighted by molar-refractivity contribution is -0.162. The molecule has 0 amide bonds. The molecule has 1 fully saturated rings. The highest BCUT2D eigenvalue weighted by molar-refractivity contribution is 5.99. The van der Waals surface area contributed by atoms with Gasteiger partial charge >= 0.3 is 11.9 Å². The molecule has 132 valence electrons. The summed E-state index contributed by atoms with van der Waals surface area (Å²) in [5.41, 5.74) is 0.672. The van der Waals surface area contributed by atoms with Gasteiger partial charge in [0.05, 0.1) is 14.2 Å². The minimum atomic E-state index is -1.03. The van der Waals surface area contributed by atoms with Crippen LogP contribution in [-0.4, -0.2) is 31.9 Å². The van der Waals surface area contributed by atoms with Crippen LogP contribution < -0.4 is 0 Å². The van der Waals surface area contributed by atoms with Gasteiger partial charge in [-0.2, -0.15) is 0 Å². The zero-order valence-electron chi connectivity index (χ0n) is 14.4. The summed E-state index contributed by atoms with van der Waals surface area (Å²) in [6.45, 7) is 0. The summed E-state index contributed by atoms with van der Waals surface area (Å²) in [4.78, 5) is 37.4. The van der Waals surface area contributed by atoms with Crippen molar-refractivity contribution in [1.82, 2.24) is 0 Å². The number of ketones is 1. The molecule has 1 saturated carbocycles. The first kappa shape index (κ1) is 17.4. The number of Topliss-reactive ketones (excluding diaryl/α,β-unsaturated/α-hetero) is 1. The Hall–Kier alpha value is -2.43. The third-order valence-corrected chi connectivity index (χ3v) is 5.49. The molecule has 2 aliphatic rings. The third kappa shape index (κ3) is 3.11. The zero-order chi connectivity index (χ0) is 18.0. The third-order valence-electron chi connectivity index (χ3n) is 5.49. The summed E-state index contributed by atoms with van der Waals surface area (Å²) >= 11 is 0. The van der Waals surface area contributed by atoms with E-state index in [-0.39, 0.29) is 29.5 Å². The molecule has 4 unspecified atom stereocenters. The van der Waals surface area contributed by atoms with Gasteiger partial charge in [0, 0.05) is 17.4 Å². The lowest BCUT2D eigenvalue weighted by Crippen LogP contribution is -2.41. The van der Waals surface area contributed by atoms with Crippen molar-refractivity contribution in [1.29, 1.82) is 0 Å². The quantitative estimate of drug-likeness (QED) is 0.356. The van der Waals surface area contributed by atoms with Crippen molar-refractivity contribution >= 4 is 17.7 Å². The van der Waals surface area contributed by atoms with E-state index in [9.17, 15) is 14.4 Å². The monoisotopic (exact) mass is 342 g/mol. The van der Waals surface area contributed by atoms with Crippen LogP contribution in [0.25, 0.3) is 0 Å². The molecule has 0 aromatic heterocycles. The molecule has 0 saturated heterocycles. The molecule has 0 N–H and O–H groups in total. The van der Waals surface area contributed by atoms with Crippen LogP contribution in [-0.2, 0) is 19.1 Å². The Balaban J connectivity index is 1.92. The summed E-state index contributed by atoms with van der Waals surface area (Å²) in [6, 6.07) is 9.19. The number of fused-ring (bicyclic) bond motifs is 2. The van der Waals surface area contributed by atoms with E-state index in [0.717, 1.165) is 12.8 Å². The van der Waals surface area contributed by atoms with Crippen LogP contribution in [0.1, 0.15) is 23.2 Å². The van der Waals surface area contributed by atoms with Crippen LogP contribution in [0.2, 0.25) is 0 Å². The van der Waals surface area contributed by atoms with Crippen molar-refractivity contribution in [2.45, 2.75) is 12.8 Å². The van der Waals surface area contributed by atoms with Crippen molar-refractivity contribution in [3.8, 4) is 0 Å². The van der Waals surface area contributed by atoms with Gasteiger partial charge in [-0.15, -0.1) is 0 Å². The maximum atomic E-state index is 13.0. The lowest BCUT2D eigenvalue weighted by atomic mass is 9.69. The Kier molecular flexibility index (Phi) is 5.02. The number of esters is 2. The smallest absolute Gasteiger partial charge is 0.320 e. The summed E-state index contributed by atoms with van der Waals surface area (Å²) in [5, 5.41) is 0.